The van der Waals surface area contributed by atoms with Crippen molar-refractivity contribution in [3.8, 4) is 73.0 Å². The first-order valence-electron chi connectivity index (χ1n) is 22.8. The van der Waals surface area contributed by atoms with Gasteiger partial charge < -0.3 is 4.57 Å². The molecule has 0 spiro atoms. The molecule has 3 nitrogen and oxygen atoms in total. The zero-order valence-electron chi connectivity index (χ0n) is 36.7. The summed E-state index contributed by atoms with van der Waals surface area (Å²) in [6, 6.07) is 81.4. The van der Waals surface area contributed by atoms with Gasteiger partial charge >= 0.3 is 0 Å². The highest BCUT2D eigenvalue weighted by Gasteiger charge is 2.37. The van der Waals surface area contributed by atoms with Gasteiger partial charge in [-0.15, -0.1) is 0 Å². The van der Waals surface area contributed by atoms with E-state index >= 15 is 0 Å². The molecule has 0 bridgehead atoms. The maximum absolute atomic E-state index is 5.32. The maximum atomic E-state index is 5.32. The second-order valence-electron chi connectivity index (χ2n) is 18.2. The quantitative estimate of drug-likeness (QED) is 0.167. The van der Waals surface area contributed by atoms with Crippen LogP contribution in [0.3, 0.4) is 0 Å². The predicted molar refractivity (Wildman–Crippen MR) is 276 cm³/mol. The minimum Gasteiger partial charge on any atom is -0.309 e. The summed E-state index contributed by atoms with van der Waals surface area (Å²) >= 11 is 0. The fourth-order valence-electron chi connectivity index (χ4n) is 10.6. The van der Waals surface area contributed by atoms with Crippen LogP contribution in [0.25, 0.3) is 116 Å². The Morgan fingerprint density at radius 3 is 1.70 bits per heavy atom. The van der Waals surface area contributed by atoms with Crippen molar-refractivity contribution in [1.82, 2.24) is 14.5 Å². The van der Waals surface area contributed by atoms with E-state index in [0.717, 1.165) is 33.9 Å². The Morgan fingerprint density at radius 1 is 0.348 bits per heavy atom. The van der Waals surface area contributed by atoms with Crippen LogP contribution in [0.5, 0.6) is 0 Å². The van der Waals surface area contributed by atoms with Gasteiger partial charge in [0.05, 0.1) is 22.4 Å². The lowest BCUT2D eigenvalue weighted by molar-refractivity contribution is 0.661. The zero-order chi connectivity index (χ0) is 43.9. The number of rotatable bonds is 6. The average molecular weight is 842 g/mol. The van der Waals surface area contributed by atoms with E-state index in [0.29, 0.717) is 0 Å². The fourth-order valence-corrected chi connectivity index (χ4v) is 10.6. The zero-order valence-corrected chi connectivity index (χ0v) is 36.7. The summed E-state index contributed by atoms with van der Waals surface area (Å²) in [5.74, 6) is 0.717. The third kappa shape index (κ3) is 6.12. The molecule has 1 aliphatic rings. The number of para-hydroxylation sites is 2. The summed E-state index contributed by atoms with van der Waals surface area (Å²) in [6.45, 7) is 4.70. The van der Waals surface area contributed by atoms with Crippen LogP contribution in [0.2, 0.25) is 0 Å². The van der Waals surface area contributed by atoms with E-state index in [1.54, 1.807) is 0 Å². The van der Waals surface area contributed by atoms with E-state index in [1.165, 1.54) is 93.5 Å². The Balaban J connectivity index is 0.854. The van der Waals surface area contributed by atoms with Gasteiger partial charge in [-0.1, -0.05) is 178 Å². The van der Waals surface area contributed by atoms with E-state index in [4.69, 9.17) is 9.97 Å². The topological polar surface area (TPSA) is 30.7 Å². The molecule has 2 heterocycles. The van der Waals surface area contributed by atoms with Gasteiger partial charge in [0.15, 0.2) is 5.82 Å². The molecule has 0 atom stereocenters. The van der Waals surface area contributed by atoms with Gasteiger partial charge in [0.25, 0.3) is 0 Å². The van der Waals surface area contributed by atoms with Crippen molar-refractivity contribution in [3.63, 3.8) is 0 Å². The molecule has 1 aliphatic carbocycles. The molecule has 10 aromatic carbocycles. The lowest BCUT2D eigenvalue weighted by Crippen LogP contribution is -2.14. The summed E-state index contributed by atoms with van der Waals surface area (Å²) in [6.07, 6.45) is 0. The van der Waals surface area contributed by atoms with Crippen molar-refractivity contribution in [2.45, 2.75) is 19.3 Å². The number of hydrogen-bond acceptors (Lipinski definition) is 2. The van der Waals surface area contributed by atoms with Crippen LogP contribution in [0.4, 0.5) is 0 Å². The third-order valence-corrected chi connectivity index (χ3v) is 14.0. The lowest BCUT2D eigenvalue weighted by atomic mass is 9.81. The third-order valence-electron chi connectivity index (χ3n) is 14.0. The van der Waals surface area contributed by atoms with E-state index in [2.05, 4.69) is 237 Å². The predicted octanol–water partition coefficient (Wildman–Crippen LogP) is 16.5. The number of fused-ring (bicyclic) bond motifs is 8. The molecule has 0 saturated heterocycles. The van der Waals surface area contributed by atoms with Crippen LogP contribution in [0, 0.1) is 0 Å². The highest BCUT2D eigenvalue weighted by molar-refractivity contribution is 6.10. The van der Waals surface area contributed by atoms with Crippen molar-refractivity contribution in [1.29, 1.82) is 0 Å². The van der Waals surface area contributed by atoms with Gasteiger partial charge in [0.2, 0.25) is 0 Å². The molecule has 12 aromatic rings. The summed E-state index contributed by atoms with van der Waals surface area (Å²) in [7, 11) is 0. The molecule has 310 valence electrons. The Morgan fingerprint density at radius 2 is 0.924 bits per heavy atom. The van der Waals surface area contributed by atoms with Crippen LogP contribution >= 0.6 is 0 Å². The summed E-state index contributed by atoms with van der Waals surface area (Å²) in [4.78, 5) is 10.6. The normalized spacial score (nSPS) is 12.8. The standard InChI is InChI=1S/C63H43N3/c1-63(2)55-22-13-21-52(61(55)54-37-43-16-9-10-17-44(43)38-56(54)63)58-39-57(64-62(65-58)42-14-5-3-6-15-42)49-31-30-46-34-45(28-29-47(46)35-49)40-24-26-41(27-25-40)48-32-33-60-53(36-48)51-20-11-12-23-59(51)66(60)50-18-7-4-8-19-50/h3-39H,1-2H3. The molecule has 0 amide bonds. The van der Waals surface area contributed by atoms with Crippen LogP contribution in [0.1, 0.15) is 25.0 Å². The molecule has 66 heavy (non-hydrogen) atoms. The Bertz CT molecular complexity index is 3880. The van der Waals surface area contributed by atoms with Gasteiger partial charge in [-0.05, 0) is 127 Å². The SMILES string of the molecule is CC1(C)c2cc3ccccc3cc2-c2c(-c3cc(-c4ccc5cc(-c6ccc(-c7ccc8c(c7)c7ccccc7n8-c7ccccc7)cc6)ccc5c4)nc(-c4ccccc4)n3)cccc21. The molecule has 0 N–H and O–H groups in total. The molecule has 0 aliphatic heterocycles. The summed E-state index contributed by atoms with van der Waals surface area (Å²) in [5, 5.41) is 7.38. The highest BCUT2D eigenvalue weighted by atomic mass is 15.0. The molecule has 0 fully saturated rings. The first-order valence-corrected chi connectivity index (χ1v) is 22.8. The summed E-state index contributed by atoms with van der Waals surface area (Å²) < 4.78 is 2.36. The largest absolute Gasteiger partial charge is 0.309 e. The van der Waals surface area contributed by atoms with Crippen molar-refractivity contribution >= 4 is 43.4 Å². The molecular formula is C63H43N3. The van der Waals surface area contributed by atoms with Crippen LogP contribution in [-0.4, -0.2) is 14.5 Å². The van der Waals surface area contributed by atoms with Gasteiger partial charge in [0, 0.05) is 38.6 Å². The lowest BCUT2D eigenvalue weighted by Gasteiger charge is -2.22. The van der Waals surface area contributed by atoms with Crippen molar-refractivity contribution in [3.05, 3.63) is 236 Å². The second kappa shape index (κ2) is 14.8. The van der Waals surface area contributed by atoms with Gasteiger partial charge in [-0.3, -0.25) is 0 Å². The fraction of sp³-hybridized carbons (Fsp3) is 0.0476. The molecule has 0 radical (unpaired) electrons. The summed E-state index contributed by atoms with van der Waals surface area (Å²) in [5.41, 5.74) is 18.5. The van der Waals surface area contributed by atoms with Gasteiger partial charge in [-0.25, -0.2) is 9.97 Å². The van der Waals surface area contributed by atoms with Gasteiger partial charge in [0.1, 0.15) is 0 Å². The molecule has 13 rings (SSSR count). The minimum absolute atomic E-state index is 0.149. The van der Waals surface area contributed by atoms with E-state index in [1.807, 2.05) is 6.07 Å². The Labute approximate surface area is 384 Å². The molecule has 3 heteroatoms. The minimum atomic E-state index is -0.149. The number of nitrogens with zero attached hydrogens (tertiary/aromatic N) is 3. The van der Waals surface area contributed by atoms with Crippen molar-refractivity contribution in [2.75, 3.05) is 0 Å². The van der Waals surface area contributed by atoms with Crippen molar-refractivity contribution in [2.24, 2.45) is 0 Å². The van der Waals surface area contributed by atoms with Gasteiger partial charge in [-0.2, -0.15) is 0 Å². The molecular weight excluding hydrogens is 799 g/mol. The van der Waals surface area contributed by atoms with Crippen LogP contribution in [0.15, 0.2) is 224 Å². The second-order valence-corrected chi connectivity index (χ2v) is 18.2. The Kier molecular flexibility index (Phi) is 8.56. The van der Waals surface area contributed by atoms with E-state index in [9.17, 15) is 0 Å². The van der Waals surface area contributed by atoms with E-state index < -0.39 is 0 Å². The molecule has 0 saturated carbocycles. The smallest absolute Gasteiger partial charge is 0.160 e. The van der Waals surface area contributed by atoms with Crippen LogP contribution < -0.4 is 0 Å². The van der Waals surface area contributed by atoms with E-state index in [-0.39, 0.29) is 5.41 Å². The first kappa shape index (κ1) is 38.1. The number of benzene rings is 10. The number of aromatic nitrogens is 3. The van der Waals surface area contributed by atoms with Crippen LogP contribution in [-0.2, 0) is 5.41 Å². The average Bonchev–Trinajstić information content (AvgIpc) is 3.83. The molecule has 2 aromatic heterocycles. The van der Waals surface area contributed by atoms with Crippen molar-refractivity contribution < 1.29 is 0 Å². The maximum Gasteiger partial charge on any atom is 0.160 e. The monoisotopic (exact) mass is 841 g/mol. The number of hydrogen-bond donors (Lipinski definition) is 0. The first-order chi connectivity index (χ1) is 32.4. The molecule has 0 unspecified atom stereocenters. The highest BCUT2D eigenvalue weighted by Crippen LogP contribution is 2.53. The Hall–Kier alpha value is -8.40.